The minimum Gasteiger partial charge on any atom is -0.421 e. The van der Waals surface area contributed by atoms with Crippen LogP contribution in [0, 0.1) is 0 Å². The first-order valence-corrected chi connectivity index (χ1v) is 4.46. The summed E-state index contributed by atoms with van der Waals surface area (Å²) in [5.41, 5.74) is -0.477. The number of hydrogen-bond acceptors (Lipinski definition) is 2. The second kappa shape index (κ2) is 6.05. The number of hydrogen-bond donors (Lipinski definition) is 0. The maximum absolute atomic E-state index is 12.8. The van der Waals surface area contributed by atoms with E-state index in [9.17, 15) is 35.5 Å². The zero-order valence-corrected chi connectivity index (χ0v) is 8.98. The molecule has 0 spiro atoms. The molecule has 0 radical (unpaired) electrons. The van der Waals surface area contributed by atoms with Gasteiger partial charge in [0.15, 0.2) is 6.17 Å². The van der Waals surface area contributed by atoms with E-state index in [-0.39, 0.29) is 0 Å². The molecule has 0 amide bonds. The summed E-state index contributed by atoms with van der Waals surface area (Å²) < 4.78 is 90.2. The summed E-state index contributed by atoms with van der Waals surface area (Å²) in [7, 11) is 0. The van der Waals surface area contributed by atoms with E-state index in [4.69, 9.17) is 0 Å². The predicted molar refractivity (Wildman–Crippen MR) is 46.5 cm³/mol. The second-order valence-corrected chi connectivity index (χ2v) is 3.36. The summed E-state index contributed by atoms with van der Waals surface area (Å²) in [6.07, 6.45) is -16.0. The van der Waals surface area contributed by atoms with Gasteiger partial charge in [-0.2, -0.15) is 13.2 Å². The van der Waals surface area contributed by atoms with Gasteiger partial charge in [0, 0.05) is 5.57 Å². The van der Waals surface area contributed by atoms with Crippen LogP contribution in [0.3, 0.4) is 0 Å². The zero-order chi connectivity index (χ0) is 14.7. The van der Waals surface area contributed by atoms with E-state index in [2.05, 4.69) is 11.3 Å². The van der Waals surface area contributed by atoms with Crippen LogP contribution in [0.2, 0.25) is 0 Å². The highest BCUT2D eigenvalue weighted by atomic mass is 19.3. The van der Waals surface area contributed by atoms with Gasteiger partial charge in [0.2, 0.25) is 6.17 Å². The lowest BCUT2D eigenvalue weighted by atomic mass is 10.1. The lowest BCUT2D eigenvalue weighted by Crippen LogP contribution is -2.48. The molecule has 0 aromatic heterocycles. The Balaban J connectivity index is 4.80. The molecular formula is C9H9F7O2. The highest BCUT2D eigenvalue weighted by Gasteiger charge is 2.56. The van der Waals surface area contributed by atoms with Gasteiger partial charge in [-0.05, 0) is 6.92 Å². The average Bonchev–Trinajstić information content (AvgIpc) is 2.26. The Morgan fingerprint density at radius 2 is 1.61 bits per heavy atom. The third-order valence-electron chi connectivity index (χ3n) is 1.75. The summed E-state index contributed by atoms with van der Waals surface area (Å²) in [6, 6.07) is 0. The molecule has 0 saturated carbocycles. The Hall–Kier alpha value is -1.28. The number of halogens is 7. The number of carbonyl (C=O) groups excluding carboxylic acids is 1. The monoisotopic (exact) mass is 282 g/mol. The summed E-state index contributed by atoms with van der Waals surface area (Å²) in [5, 5.41) is 0. The van der Waals surface area contributed by atoms with E-state index < -0.39 is 42.6 Å². The first kappa shape index (κ1) is 16.7. The Morgan fingerprint density at radius 3 is 1.94 bits per heavy atom. The van der Waals surface area contributed by atoms with Crippen LogP contribution in [0.4, 0.5) is 30.7 Å². The van der Waals surface area contributed by atoms with Crippen molar-refractivity contribution >= 4 is 5.97 Å². The van der Waals surface area contributed by atoms with Crippen molar-refractivity contribution in [2.45, 2.75) is 38.0 Å². The molecule has 18 heavy (non-hydrogen) atoms. The highest BCUT2D eigenvalue weighted by Crippen LogP contribution is 2.34. The van der Waals surface area contributed by atoms with Crippen LogP contribution < -0.4 is 0 Å². The molecule has 0 fully saturated rings. The van der Waals surface area contributed by atoms with Crippen molar-refractivity contribution < 1.29 is 40.3 Å². The molecule has 0 bridgehead atoms. The molecule has 0 aliphatic carbocycles. The molecule has 0 rings (SSSR count). The number of alkyl halides is 7. The maximum atomic E-state index is 12.8. The molecule has 0 heterocycles. The van der Waals surface area contributed by atoms with Crippen molar-refractivity contribution in [3.8, 4) is 0 Å². The zero-order valence-electron chi connectivity index (χ0n) is 8.98. The SMILES string of the molecule is C=C(C)C(=O)OC(F)C(F)(F)C(F)C(F)C(F)F. The van der Waals surface area contributed by atoms with E-state index in [0.29, 0.717) is 0 Å². The normalized spacial score (nSPS) is 17.2. The Labute approximate surface area is 97.4 Å². The van der Waals surface area contributed by atoms with Gasteiger partial charge in [-0.1, -0.05) is 6.58 Å². The van der Waals surface area contributed by atoms with Crippen LogP contribution in [0.5, 0.6) is 0 Å². The number of rotatable bonds is 6. The Bertz CT molecular complexity index is 318. The highest BCUT2D eigenvalue weighted by molar-refractivity contribution is 5.87. The van der Waals surface area contributed by atoms with Crippen molar-refractivity contribution in [1.29, 1.82) is 0 Å². The van der Waals surface area contributed by atoms with Gasteiger partial charge in [0.1, 0.15) is 0 Å². The minimum absolute atomic E-state index is 0.477. The Morgan fingerprint density at radius 1 is 1.17 bits per heavy atom. The first-order valence-electron chi connectivity index (χ1n) is 4.46. The number of esters is 1. The second-order valence-electron chi connectivity index (χ2n) is 3.36. The van der Waals surface area contributed by atoms with Crippen molar-refractivity contribution in [3.63, 3.8) is 0 Å². The number of ether oxygens (including phenoxy) is 1. The van der Waals surface area contributed by atoms with Crippen molar-refractivity contribution in [1.82, 2.24) is 0 Å². The number of carbonyl (C=O) groups is 1. The summed E-state index contributed by atoms with van der Waals surface area (Å²) >= 11 is 0. The smallest absolute Gasteiger partial charge is 0.347 e. The third-order valence-corrected chi connectivity index (χ3v) is 1.75. The lowest BCUT2D eigenvalue weighted by molar-refractivity contribution is -0.235. The average molecular weight is 282 g/mol. The minimum atomic E-state index is -5.24. The summed E-state index contributed by atoms with van der Waals surface area (Å²) in [5.74, 6) is -6.86. The molecular weight excluding hydrogens is 273 g/mol. The van der Waals surface area contributed by atoms with Gasteiger partial charge in [-0.25, -0.2) is 22.4 Å². The van der Waals surface area contributed by atoms with Crippen LogP contribution in [0.25, 0.3) is 0 Å². The van der Waals surface area contributed by atoms with Crippen LogP contribution >= 0.6 is 0 Å². The molecule has 3 unspecified atom stereocenters. The van der Waals surface area contributed by atoms with E-state index in [0.717, 1.165) is 6.92 Å². The molecule has 0 saturated heterocycles. The van der Waals surface area contributed by atoms with Crippen LogP contribution in [0.15, 0.2) is 12.2 Å². The summed E-state index contributed by atoms with van der Waals surface area (Å²) in [6.45, 7) is 3.91. The fourth-order valence-electron chi connectivity index (χ4n) is 0.738. The van der Waals surface area contributed by atoms with Crippen LogP contribution in [-0.2, 0) is 9.53 Å². The van der Waals surface area contributed by atoms with Crippen LogP contribution in [-0.4, -0.2) is 37.0 Å². The molecule has 0 aliphatic rings. The molecule has 0 N–H and O–H groups in total. The van der Waals surface area contributed by atoms with Crippen LogP contribution in [0.1, 0.15) is 6.92 Å². The van der Waals surface area contributed by atoms with E-state index >= 15 is 0 Å². The first-order chi connectivity index (χ1) is 8.01. The molecule has 0 aliphatic heterocycles. The van der Waals surface area contributed by atoms with E-state index in [1.807, 2.05) is 0 Å². The molecule has 0 aromatic rings. The molecule has 106 valence electrons. The summed E-state index contributed by atoms with van der Waals surface area (Å²) in [4.78, 5) is 10.7. The Kier molecular flexibility index (Phi) is 5.62. The van der Waals surface area contributed by atoms with E-state index in [1.54, 1.807) is 0 Å². The van der Waals surface area contributed by atoms with Crippen molar-refractivity contribution in [3.05, 3.63) is 12.2 Å². The molecule has 2 nitrogen and oxygen atoms in total. The maximum Gasteiger partial charge on any atom is 0.347 e. The molecule has 9 heteroatoms. The largest absolute Gasteiger partial charge is 0.421 e. The van der Waals surface area contributed by atoms with Gasteiger partial charge in [0.05, 0.1) is 0 Å². The molecule has 0 aromatic carbocycles. The third kappa shape index (κ3) is 3.88. The lowest BCUT2D eigenvalue weighted by Gasteiger charge is -2.25. The van der Waals surface area contributed by atoms with Gasteiger partial charge in [-0.3, -0.25) is 0 Å². The van der Waals surface area contributed by atoms with Gasteiger partial charge in [0.25, 0.3) is 6.43 Å². The van der Waals surface area contributed by atoms with Gasteiger partial charge in [-0.15, -0.1) is 0 Å². The fourth-order valence-corrected chi connectivity index (χ4v) is 0.738. The van der Waals surface area contributed by atoms with E-state index in [1.165, 1.54) is 0 Å². The molecule has 3 atom stereocenters. The quantitative estimate of drug-likeness (QED) is 0.425. The topological polar surface area (TPSA) is 26.3 Å². The van der Waals surface area contributed by atoms with Gasteiger partial charge >= 0.3 is 18.2 Å². The fraction of sp³-hybridized carbons (Fsp3) is 0.667. The van der Waals surface area contributed by atoms with Crippen molar-refractivity contribution in [2.24, 2.45) is 0 Å². The standard InChI is InChI=1S/C9H9F7O2/c1-3(2)7(17)18-8(14)9(15,16)5(11)4(10)6(12)13/h4-6,8H,1H2,2H3. The van der Waals surface area contributed by atoms with Gasteiger partial charge < -0.3 is 4.74 Å². The van der Waals surface area contributed by atoms with Crippen molar-refractivity contribution in [2.75, 3.05) is 0 Å². The predicted octanol–water partition coefficient (Wildman–Crippen LogP) is 2.98.